The highest BCUT2D eigenvalue weighted by molar-refractivity contribution is 6.15. The first-order chi connectivity index (χ1) is 35.2. The summed E-state index contributed by atoms with van der Waals surface area (Å²) < 4.78 is 9.26. The summed E-state index contributed by atoms with van der Waals surface area (Å²) in [6.45, 7) is 0. The van der Waals surface area contributed by atoms with Gasteiger partial charge in [-0.2, -0.15) is 0 Å². The molecule has 0 spiro atoms. The number of anilines is 3. The molecule has 3 heteroatoms. The molecule has 3 nitrogen and oxygen atoms in total. The molecule has 0 fully saturated rings. The molecule has 332 valence electrons. The van der Waals surface area contributed by atoms with E-state index in [0.29, 0.717) is 0 Å². The molecule has 0 aliphatic heterocycles. The molecule has 2 heterocycles. The van der Waals surface area contributed by atoms with Gasteiger partial charge >= 0.3 is 0 Å². The van der Waals surface area contributed by atoms with Crippen molar-refractivity contribution in [2.24, 2.45) is 0 Å². The van der Waals surface area contributed by atoms with Gasteiger partial charge in [-0.3, -0.25) is 0 Å². The maximum absolute atomic E-state index is 6.85. The van der Waals surface area contributed by atoms with E-state index in [-0.39, 0.29) is 0 Å². The monoisotopic (exact) mass is 904 g/mol. The van der Waals surface area contributed by atoms with E-state index >= 15 is 0 Å². The quantitative estimate of drug-likeness (QED) is 0.142. The number of rotatable bonds is 8. The molecule has 0 aliphatic rings. The molecule has 0 unspecified atom stereocenters. The summed E-state index contributed by atoms with van der Waals surface area (Å²) in [6.07, 6.45) is 0. The van der Waals surface area contributed by atoms with Crippen molar-refractivity contribution in [3.05, 3.63) is 267 Å². The number of nitrogens with zero attached hydrogens (tertiary/aromatic N) is 2. The lowest BCUT2D eigenvalue weighted by atomic mass is 9.93. The number of benzene rings is 12. The van der Waals surface area contributed by atoms with Crippen molar-refractivity contribution >= 4 is 82.4 Å². The Labute approximate surface area is 411 Å². The molecule has 0 radical (unpaired) electrons. The molecule has 0 atom stereocenters. The number of aromatic nitrogens is 1. The zero-order valence-corrected chi connectivity index (χ0v) is 38.7. The summed E-state index contributed by atoms with van der Waals surface area (Å²) in [5, 5.41) is 9.75. The fourth-order valence-corrected chi connectivity index (χ4v) is 11.1. The second-order valence-electron chi connectivity index (χ2n) is 18.4. The van der Waals surface area contributed by atoms with E-state index in [1.165, 1.54) is 60.0 Å². The summed E-state index contributed by atoms with van der Waals surface area (Å²) in [4.78, 5) is 2.36. The first kappa shape index (κ1) is 40.6. The lowest BCUT2D eigenvalue weighted by molar-refractivity contribution is 0.671. The van der Waals surface area contributed by atoms with Crippen LogP contribution >= 0.6 is 0 Å². The summed E-state index contributed by atoms with van der Waals surface area (Å²) in [7, 11) is 0. The van der Waals surface area contributed by atoms with Gasteiger partial charge in [-0.25, -0.2) is 0 Å². The normalized spacial score (nSPS) is 11.7. The van der Waals surface area contributed by atoms with Crippen molar-refractivity contribution in [3.63, 3.8) is 0 Å². The molecular weight excluding hydrogens is 861 g/mol. The van der Waals surface area contributed by atoms with Gasteiger partial charge < -0.3 is 13.9 Å². The Balaban J connectivity index is 0.880. The lowest BCUT2D eigenvalue weighted by Gasteiger charge is -2.26. The van der Waals surface area contributed by atoms with Crippen LogP contribution in [0.5, 0.6) is 0 Å². The molecule has 71 heavy (non-hydrogen) atoms. The Kier molecular flexibility index (Phi) is 9.53. The van der Waals surface area contributed by atoms with Crippen LogP contribution in [0, 0.1) is 0 Å². The third kappa shape index (κ3) is 6.74. The van der Waals surface area contributed by atoms with Crippen LogP contribution in [0.2, 0.25) is 0 Å². The highest BCUT2D eigenvalue weighted by Crippen LogP contribution is 2.44. The first-order valence-electron chi connectivity index (χ1n) is 24.3. The Bertz CT molecular complexity index is 4260. The van der Waals surface area contributed by atoms with Gasteiger partial charge in [0.15, 0.2) is 0 Å². The van der Waals surface area contributed by atoms with E-state index in [1.807, 2.05) is 0 Å². The van der Waals surface area contributed by atoms with Gasteiger partial charge in [0.25, 0.3) is 0 Å². The lowest BCUT2D eigenvalue weighted by Crippen LogP contribution is -2.10. The highest BCUT2D eigenvalue weighted by atomic mass is 16.3. The summed E-state index contributed by atoms with van der Waals surface area (Å²) in [5.74, 6) is 0. The topological polar surface area (TPSA) is 21.3 Å². The standard InChI is InChI=1S/C68H44N2O/c1-2-16-45(17-3-1)55-25-14-27-61-62-28-15-26-56(68(62)71-67(55)61)47-34-40-51(41-35-47)69(52-42-36-48(37-43-52)63-44-49-18-4-5-19-53(49)57-21-6-7-22-58(57)63)50-38-32-46(33-39-50)54-20-8-11-29-64(54)70-65-30-12-9-23-59(65)60-24-10-13-31-66(60)70/h1-44H. The Hall–Kier alpha value is -9.44. The van der Waals surface area contributed by atoms with Crippen LogP contribution in [0.15, 0.2) is 271 Å². The van der Waals surface area contributed by atoms with Crippen LogP contribution in [0.1, 0.15) is 0 Å². The highest BCUT2D eigenvalue weighted by Gasteiger charge is 2.20. The van der Waals surface area contributed by atoms with Crippen molar-refractivity contribution in [3.8, 4) is 50.2 Å². The maximum Gasteiger partial charge on any atom is 0.143 e. The largest absolute Gasteiger partial charge is 0.455 e. The fraction of sp³-hybridized carbons (Fsp3) is 0. The predicted molar refractivity (Wildman–Crippen MR) is 299 cm³/mol. The van der Waals surface area contributed by atoms with Gasteiger partial charge in [0.2, 0.25) is 0 Å². The summed E-state index contributed by atoms with van der Waals surface area (Å²) >= 11 is 0. The molecular formula is C68H44N2O. The van der Waals surface area contributed by atoms with Crippen LogP contribution in [0.3, 0.4) is 0 Å². The number of hydrogen-bond donors (Lipinski definition) is 0. The smallest absolute Gasteiger partial charge is 0.143 e. The van der Waals surface area contributed by atoms with Crippen LogP contribution in [0.25, 0.3) is 115 Å². The zero-order chi connectivity index (χ0) is 46.8. The van der Waals surface area contributed by atoms with Gasteiger partial charge in [-0.05, 0) is 110 Å². The molecule has 14 aromatic rings. The Morgan fingerprint density at radius 1 is 0.268 bits per heavy atom. The van der Waals surface area contributed by atoms with E-state index in [0.717, 1.165) is 72.5 Å². The van der Waals surface area contributed by atoms with Crippen molar-refractivity contribution in [1.29, 1.82) is 0 Å². The fourth-order valence-electron chi connectivity index (χ4n) is 11.1. The SMILES string of the molecule is c1ccc(-c2cccc3c2oc2c(-c4ccc(N(c5ccc(-c6ccccc6-n6c7ccccc7c7ccccc76)cc5)c5ccc(-c6cc7ccccc7c7ccccc67)cc5)cc4)cccc23)cc1. The number of fused-ring (bicyclic) bond motifs is 9. The predicted octanol–water partition coefficient (Wildman–Crippen LogP) is 19.1. The van der Waals surface area contributed by atoms with Gasteiger partial charge in [0.05, 0.1) is 16.7 Å². The van der Waals surface area contributed by atoms with Crippen LogP contribution in [-0.2, 0) is 0 Å². The van der Waals surface area contributed by atoms with Crippen LogP contribution in [0.4, 0.5) is 17.1 Å². The minimum atomic E-state index is 0.893. The van der Waals surface area contributed by atoms with Gasteiger partial charge in [-0.1, -0.05) is 206 Å². The van der Waals surface area contributed by atoms with E-state index in [9.17, 15) is 0 Å². The maximum atomic E-state index is 6.85. The van der Waals surface area contributed by atoms with Gasteiger partial charge in [0.1, 0.15) is 11.2 Å². The van der Waals surface area contributed by atoms with Crippen molar-refractivity contribution in [2.45, 2.75) is 0 Å². The molecule has 0 N–H and O–H groups in total. The summed E-state index contributed by atoms with van der Waals surface area (Å²) in [6, 6.07) is 96.5. The molecule has 14 rings (SSSR count). The molecule has 0 saturated carbocycles. The van der Waals surface area contributed by atoms with Crippen molar-refractivity contribution in [1.82, 2.24) is 4.57 Å². The number of para-hydroxylation sites is 5. The third-order valence-electron chi connectivity index (χ3n) is 14.4. The molecule has 12 aromatic carbocycles. The average molecular weight is 905 g/mol. The van der Waals surface area contributed by atoms with Gasteiger partial charge in [0, 0.05) is 55.3 Å². The number of furan rings is 1. The van der Waals surface area contributed by atoms with Gasteiger partial charge in [-0.15, -0.1) is 0 Å². The third-order valence-corrected chi connectivity index (χ3v) is 14.4. The van der Waals surface area contributed by atoms with E-state index in [2.05, 4.69) is 276 Å². The van der Waals surface area contributed by atoms with Crippen LogP contribution < -0.4 is 4.90 Å². The Morgan fingerprint density at radius 3 is 1.27 bits per heavy atom. The van der Waals surface area contributed by atoms with E-state index in [4.69, 9.17) is 4.42 Å². The van der Waals surface area contributed by atoms with E-state index < -0.39 is 0 Å². The van der Waals surface area contributed by atoms with E-state index in [1.54, 1.807) is 0 Å². The number of hydrogen-bond acceptors (Lipinski definition) is 2. The second-order valence-corrected chi connectivity index (χ2v) is 18.4. The molecule has 0 aliphatic carbocycles. The molecule has 0 saturated heterocycles. The van der Waals surface area contributed by atoms with Crippen molar-refractivity contribution < 1.29 is 4.42 Å². The molecule has 2 aromatic heterocycles. The second kappa shape index (κ2) is 16.7. The zero-order valence-electron chi connectivity index (χ0n) is 38.7. The Morgan fingerprint density at radius 2 is 0.676 bits per heavy atom. The molecule has 0 amide bonds. The van der Waals surface area contributed by atoms with Crippen molar-refractivity contribution in [2.75, 3.05) is 4.90 Å². The molecule has 0 bridgehead atoms. The first-order valence-corrected chi connectivity index (χ1v) is 24.3. The van der Waals surface area contributed by atoms with Crippen LogP contribution in [-0.4, -0.2) is 4.57 Å². The minimum Gasteiger partial charge on any atom is -0.455 e. The minimum absolute atomic E-state index is 0.893. The average Bonchev–Trinajstić information content (AvgIpc) is 4.00. The summed E-state index contributed by atoms with van der Waals surface area (Å²) in [5.41, 5.74) is 17.6.